The first kappa shape index (κ1) is 14.1. The molecule has 3 saturated heterocycles. The summed E-state index contributed by atoms with van der Waals surface area (Å²) in [5.74, 6) is 0.714. The summed E-state index contributed by atoms with van der Waals surface area (Å²) in [6.45, 7) is 4.59. The largest absolute Gasteiger partial charge is 0.351 e. The number of nitrogens with one attached hydrogen (secondary N) is 1. The van der Waals surface area contributed by atoms with E-state index in [1.165, 1.54) is 25.9 Å². The van der Waals surface area contributed by atoms with E-state index in [-0.39, 0.29) is 11.9 Å². The van der Waals surface area contributed by atoms with Crippen LogP contribution in [0.1, 0.15) is 25.5 Å². The summed E-state index contributed by atoms with van der Waals surface area (Å²) in [7, 11) is 0. The summed E-state index contributed by atoms with van der Waals surface area (Å²) in [6.07, 6.45) is 4.56. The Morgan fingerprint density at radius 3 is 3.00 bits per heavy atom. The number of fused-ring (bicyclic) bond motifs is 4. The van der Waals surface area contributed by atoms with Gasteiger partial charge in [0.05, 0.1) is 27.8 Å². The van der Waals surface area contributed by atoms with Crippen LogP contribution in [0.15, 0.2) is 17.8 Å². The molecule has 3 fully saturated rings. The second-order valence-electron chi connectivity index (χ2n) is 6.38. The van der Waals surface area contributed by atoms with Crippen molar-refractivity contribution in [3.8, 4) is 0 Å². The highest BCUT2D eigenvalue weighted by Crippen LogP contribution is 2.32. The number of nitrogens with zero attached hydrogens (tertiary/aromatic N) is 3. The predicted octanol–water partition coefficient (Wildman–Crippen LogP) is 1.83. The third-order valence-corrected chi connectivity index (χ3v) is 5.90. The molecule has 22 heavy (non-hydrogen) atoms. The predicted molar refractivity (Wildman–Crippen MR) is 86.8 cm³/mol. The number of carbonyl (C=O) groups excluding carboxylic acids is 1. The molecule has 5 nitrogen and oxygen atoms in total. The van der Waals surface area contributed by atoms with E-state index in [0.29, 0.717) is 18.4 Å². The summed E-state index contributed by atoms with van der Waals surface area (Å²) in [5, 5.41) is 3.25. The molecule has 5 rings (SSSR count). The highest BCUT2D eigenvalue weighted by molar-refractivity contribution is 7.16. The molecule has 0 saturated carbocycles. The smallest absolute Gasteiger partial charge is 0.226 e. The second-order valence-corrected chi connectivity index (χ2v) is 7.27. The Morgan fingerprint density at radius 1 is 1.41 bits per heavy atom. The molecule has 0 unspecified atom stereocenters. The van der Waals surface area contributed by atoms with Gasteiger partial charge in [-0.2, -0.15) is 0 Å². The molecule has 0 spiro atoms. The molecule has 2 atom stereocenters. The van der Waals surface area contributed by atoms with Crippen LogP contribution >= 0.6 is 11.3 Å². The van der Waals surface area contributed by atoms with E-state index in [1.54, 1.807) is 11.3 Å². The number of aromatic nitrogens is 2. The highest BCUT2D eigenvalue weighted by Gasteiger charge is 2.40. The van der Waals surface area contributed by atoms with Crippen molar-refractivity contribution in [1.82, 2.24) is 20.2 Å². The summed E-state index contributed by atoms with van der Waals surface area (Å²) < 4.78 is 1.06. The molecule has 2 bridgehead atoms. The van der Waals surface area contributed by atoms with Gasteiger partial charge in [-0.3, -0.25) is 14.7 Å². The van der Waals surface area contributed by atoms with Crippen molar-refractivity contribution in [1.29, 1.82) is 0 Å². The van der Waals surface area contributed by atoms with Crippen LogP contribution in [-0.2, 0) is 11.2 Å². The number of hydrogen-bond donors (Lipinski definition) is 1. The van der Waals surface area contributed by atoms with Crippen LogP contribution in [0.2, 0.25) is 0 Å². The zero-order chi connectivity index (χ0) is 15.1. The molecule has 0 aromatic carbocycles. The molecule has 1 N–H and O–H groups in total. The van der Waals surface area contributed by atoms with E-state index >= 15 is 0 Å². The molecular weight excluding hydrogens is 296 g/mol. The maximum absolute atomic E-state index is 12.4. The zero-order valence-corrected chi connectivity index (χ0v) is 13.5. The molecule has 1 amide bonds. The van der Waals surface area contributed by atoms with Crippen molar-refractivity contribution in [3.05, 3.63) is 23.5 Å². The lowest BCUT2D eigenvalue weighted by Crippen LogP contribution is -2.62. The molecule has 3 aliphatic heterocycles. The van der Waals surface area contributed by atoms with Gasteiger partial charge in [0.15, 0.2) is 0 Å². The number of rotatable bonds is 3. The molecule has 5 heterocycles. The first-order chi connectivity index (χ1) is 10.7. The van der Waals surface area contributed by atoms with E-state index in [9.17, 15) is 4.79 Å². The van der Waals surface area contributed by atoms with Crippen LogP contribution in [-0.4, -0.2) is 45.9 Å². The standard InChI is InChI=1S/C16H20N4OS/c1-10-16(11-2-4-20(10)5-3-11)19-15(21)7-12-6-13-14(8-17-12)22-9-18-13/h6,8-11,16H,2-5,7H2,1H3,(H,19,21)/t10-,16+/m1/s1. The van der Waals surface area contributed by atoms with Gasteiger partial charge >= 0.3 is 0 Å². The van der Waals surface area contributed by atoms with E-state index in [2.05, 4.69) is 27.1 Å². The monoisotopic (exact) mass is 316 g/mol. The van der Waals surface area contributed by atoms with Crippen LogP contribution in [0.4, 0.5) is 0 Å². The number of hydrogen-bond acceptors (Lipinski definition) is 5. The third kappa shape index (κ3) is 2.50. The lowest BCUT2D eigenvalue weighted by atomic mass is 9.79. The zero-order valence-electron chi connectivity index (χ0n) is 12.7. The first-order valence-corrected chi connectivity index (χ1v) is 8.80. The lowest BCUT2D eigenvalue weighted by molar-refractivity contribution is -0.123. The van der Waals surface area contributed by atoms with Gasteiger partial charge in [0.1, 0.15) is 0 Å². The average molecular weight is 316 g/mol. The quantitative estimate of drug-likeness (QED) is 0.938. The Hall–Kier alpha value is -1.53. The minimum atomic E-state index is 0.0766. The summed E-state index contributed by atoms with van der Waals surface area (Å²) in [6, 6.07) is 2.66. The van der Waals surface area contributed by atoms with Gasteiger partial charge < -0.3 is 5.32 Å². The molecule has 116 valence electrons. The topological polar surface area (TPSA) is 58.1 Å². The Labute approximate surface area is 133 Å². The summed E-state index contributed by atoms with van der Waals surface area (Å²) >= 11 is 1.57. The van der Waals surface area contributed by atoms with Crippen LogP contribution < -0.4 is 5.32 Å². The fourth-order valence-electron chi connectivity index (χ4n) is 3.85. The Morgan fingerprint density at radius 2 is 2.23 bits per heavy atom. The van der Waals surface area contributed by atoms with E-state index in [1.807, 2.05) is 17.8 Å². The van der Waals surface area contributed by atoms with Crippen LogP contribution in [0.5, 0.6) is 0 Å². The molecule has 2 aromatic rings. The maximum atomic E-state index is 12.4. The average Bonchev–Trinajstić information content (AvgIpc) is 2.99. The first-order valence-electron chi connectivity index (χ1n) is 7.92. The molecule has 6 heteroatoms. The van der Waals surface area contributed by atoms with Gasteiger partial charge in [-0.15, -0.1) is 11.3 Å². The Kier molecular flexibility index (Phi) is 3.58. The normalized spacial score (nSPS) is 30.6. The number of piperidine rings is 3. The molecule has 0 aliphatic carbocycles. The van der Waals surface area contributed by atoms with Crippen LogP contribution in [0.3, 0.4) is 0 Å². The van der Waals surface area contributed by atoms with E-state index < -0.39 is 0 Å². The van der Waals surface area contributed by atoms with Crippen molar-refractivity contribution in [2.75, 3.05) is 13.1 Å². The van der Waals surface area contributed by atoms with Crippen molar-refractivity contribution >= 4 is 27.5 Å². The Balaban J connectivity index is 1.43. The van der Waals surface area contributed by atoms with Crippen LogP contribution in [0, 0.1) is 5.92 Å². The molecule has 0 radical (unpaired) electrons. The van der Waals surface area contributed by atoms with Gasteiger partial charge in [-0.25, -0.2) is 4.98 Å². The van der Waals surface area contributed by atoms with Gasteiger partial charge in [0.2, 0.25) is 5.91 Å². The lowest BCUT2D eigenvalue weighted by Gasteiger charge is -2.49. The Bertz CT molecular complexity index is 690. The fourth-order valence-corrected chi connectivity index (χ4v) is 4.47. The van der Waals surface area contributed by atoms with Gasteiger partial charge in [-0.1, -0.05) is 0 Å². The number of carbonyl (C=O) groups is 1. The maximum Gasteiger partial charge on any atom is 0.226 e. The van der Waals surface area contributed by atoms with Crippen molar-refractivity contribution in [2.45, 2.75) is 38.3 Å². The van der Waals surface area contributed by atoms with Gasteiger partial charge in [0.25, 0.3) is 0 Å². The van der Waals surface area contributed by atoms with Crippen molar-refractivity contribution < 1.29 is 4.79 Å². The van der Waals surface area contributed by atoms with E-state index in [4.69, 9.17) is 0 Å². The van der Waals surface area contributed by atoms with E-state index in [0.717, 1.165) is 15.9 Å². The van der Waals surface area contributed by atoms with Gasteiger partial charge in [-0.05, 0) is 44.8 Å². The van der Waals surface area contributed by atoms with Crippen LogP contribution in [0.25, 0.3) is 10.2 Å². The second kappa shape index (κ2) is 5.59. The third-order valence-electron chi connectivity index (χ3n) is 5.12. The number of thiazole rings is 1. The molecule has 2 aromatic heterocycles. The molecule has 3 aliphatic rings. The number of pyridine rings is 1. The highest BCUT2D eigenvalue weighted by atomic mass is 32.1. The van der Waals surface area contributed by atoms with Crippen molar-refractivity contribution in [2.24, 2.45) is 5.92 Å². The molecular formula is C16H20N4OS. The summed E-state index contributed by atoms with van der Waals surface area (Å²) in [5.41, 5.74) is 3.54. The minimum Gasteiger partial charge on any atom is -0.351 e. The summed E-state index contributed by atoms with van der Waals surface area (Å²) in [4.78, 5) is 23.5. The number of amides is 1. The van der Waals surface area contributed by atoms with Gasteiger partial charge in [0, 0.05) is 18.3 Å². The fraction of sp³-hybridized carbons (Fsp3) is 0.562. The minimum absolute atomic E-state index is 0.0766. The SMILES string of the molecule is C[C@@H]1[C@H](NC(=O)Cc2cc3ncsc3cn2)C2CCN1CC2. The van der Waals surface area contributed by atoms with Crippen molar-refractivity contribution in [3.63, 3.8) is 0 Å².